The Hall–Kier alpha value is -0.730. The number of ether oxygens (including phenoxy) is 1. The highest BCUT2D eigenvalue weighted by atomic mass is 35.5. The maximum Gasteiger partial charge on any atom is 0.137 e. The van der Waals surface area contributed by atoms with Gasteiger partial charge in [0.05, 0.1) is 12.1 Å². The maximum atomic E-state index is 6.64. The maximum absolute atomic E-state index is 6.64. The first kappa shape index (κ1) is 13.7. The third kappa shape index (κ3) is 2.65. The van der Waals surface area contributed by atoms with Crippen LogP contribution in [0.1, 0.15) is 38.7 Å². The zero-order valence-corrected chi connectivity index (χ0v) is 12.1. The molecule has 2 atom stereocenters. The molecule has 2 unspecified atom stereocenters. The second-order valence-corrected chi connectivity index (χ2v) is 6.27. The molecule has 100 valence electrons. The summed E-state index contributed by atoms with van der Waals surface area (Å²) in [6.07, 6.45) is 3.33. The summed E-state index contributed by atoms with van der Waals surface area (Å²) in [5, 5.41) is 0.641. The summed E-state index contributed by atoms with van der Waals surface area (Å²) in [5.41, 5.74) is 7.54. The van der Waals surface area contributed by atoms with Crippen molar-refractivity contribution in [2.75, 3.05) is 7.11 Å². The van der Waals surface area contributed by atoms with Gasteiger partial charge in [-0.1, -0.05) is 31.5 Å². The van der Waals surface area contributed by atoms with E-state index in [9.17, 15) is 0 Å². The van der Waals surface area contributed by atoms with Crippen molar-refractivity contribution in [3.8, 4) is 5.75 Å². The molecule has 1 aromatic carbocycles. The molecule has 18 heavy (non-hydrogen) atoms. The van der Waals surface area contributed by atoms with Crippen LogP contribution in [0.2, 0.25) is 5.02 Å². The van der Waals surface area contributed by atoms with E-state index in [-0.39, 0.29) is 5.54 Å². The topological polar surface area (TPSA) is 35.2 Å². The number of halogens is 1. The van der Waals surface area contributed by atoms with E-state index in [1.807, 2.05) is 18.2 Å². The molecular weight excluding hydrogens is 246 g/mol. The van der Waals surface area contributed by atoms with Crippen LogP contribution in [0.5, 0.6) is 5.75 Å². The molecule has 2 rings (SSSR count). The van der Waals surface area contributed by atoms with Crippen molar-refractivity contribution in [3.05, 3.63) is 28.8 Å². The zero-order chi connectivity index (χ0) is 13.3. The van der Waals surface area contributed by atoms with E-state index in [1.165, 1.54) is 6.42 Å². The minimum absolute atomic E-state index is 0.241. The van der Waals surface area contributed by atoms with Crippen molar-refractivity contribution < 1.29 is 4.74 Å². The predicted octanol–water partition coefficient (Wildman–Crippen LogP) is 3.96. The highest BCUT2D eigenvalue weighted by molar-refractivity contribution is 6.32. The Morgan fingerprint density at radius 3 is 2.44 bits per heavy atom. The summed E-state index contributed by atoms with van der Waals surface area (Å²) >= 11 is 6.07. The van der Waals surface area contributed by atoms with Gasteiger partial charge in [-0.3, -0.25) is 0 Å². The van der Waals surface area contributed by atoms with Crippen molar-refractivity contribution in [3.63, 3.8) is 0 Å². The van der Waals surface area contributed by atoms with E-state index in [4.69, 9.17) is 22.1 Å². The van der Waals surface area contributed by atoms with E-state index < -0.39 is 0 Å². The standard InChI is InChI=1S/C15H22ClNO/c1-10-6-11(2)9-15(17,8-10)12-4-5-13(16)14(7-12)18-3/h4-5,7,10-11H,6,8-9,17H2,1-3H3. The van der Waals surface area contributed by atoms with Gasteiger partial charge in [-0.05, 0) is 48.8 Å². The number of nitrogens with two attached hydrogens (primary N) is 1. The van der Waals surface area contributed by atoms with Gasteiger partial charge in [0.1, 0.15) is 5.75 Å². The molecule has 0 spiro atoms. The van der Waals surface area contributed by atoms with Crippen molar-refractivity contribution in [2.45, 2.75) is 38.6 Å². The molecule has 0 heterocycles. The first-order valence-electron chi connectivity index (χ1n) is 6.57. The second kappa shape index (κ2) is 5.10. The molecule has 2 nitrogen and oxygen atoms in total. The molecule has 0 bridgehead atoms. The van der Waals surface area contributed by atoms with Gasteiger partial charge in [0.25, 0.3) is 0 Å². The fraction of sp³-hybridized carbons (Fsp3) is 0.600. The lowest BCUT2D eigenvalue weighted by Crippen LogP contribution is -2.43. The van der Waals surface area contributed by atoms with Crippen LogP contribution in [0.4, 0.5) is 0 Å². The molecule has 0 saturated heterocycles. The Bertz CT molecular complexity index is 423. The number of hydrogen-bond donors (Lipinski definition) is 1. The highest BCUT2D eigenvalue weighted by Crippen LogP contribution is 2.42. The first-order chi connectivity index (χ1) is 8.44. The van der Waals surface area contributed by atoms with Gasteiger partial charge in [0, 0.05) is 5.54 Å². The van der Waals surface area contributed by atoms with Gasteiger partial charge in [0.2, 0.25) is 0 Å². The van der Waals surface area contributed by atoms with Crippen molar-refractivity contribution in [1.82, 2.24) is 0 Å². The average molecular weight is 268 g/mol. The number of rotatable bonds is 2. The van der Waals surface area contributed by atoms with Gasteiger partial charge in [-0.2, -0.15) is 0 Å². The lowest BCUT2D eigenvalue weighted by atomic mass is 9.69. The molecule has 0 radical (unpaired) electrons. The second-order valence-electron chi connectivity index (χ2n) is 5.86. The Labute approximate surface area is 114 Å². The minimum Gasteiger partial charge on any atom is -0.495 e. The van der Waals surface area contributed by atoms with Crippen LogP contribution in [0.15, 0.2) is 18.2 Å². The van der Waals surface area contributed by atoms with E-state index in [1.54, 1.807) is 7.11 Å². The van der Waals surface area contributed by atoms with E-state index >= 15 is 0 Å². The minimum atomic E-state index is -0.241. The van der Waals surface area contributed by atoms with Crippen LogP contribution >= 0.6 is 11.6 Å². The Kier molecular flexibility index (Phi) is 3.88. The molecule has 1 aliphatic carbocycles. The summed E-state index contributed by atoms with van der Waals surface area (Å²) in [6.45, 7) is 4.56. The van der Waals surface area contributed by atoms with E-state index in [0.717, 1.165) is 18.4 Å². The fourth-order valence-corrected chi connectivity index (χ4v) is 3.58. The van der Waals surface area contributed by atoms with Crippen molar-refractivity contribution in [2.24, 2.45) is 17.6 Å². The van der Waals surface area contributed by atoms with Crippen molar-refractivity contribution in [1.29, 1.82) is 0 Å². The normalized spacial score (nSPS) is 32.3. The quantitative estimate of drug-likeness (QED) is 0.880. The molecule has 1 fully saturated rings. The lowest BCUT2D eigenvalue weighted by Gasteiger charge is -2.40. The van der Waals surface area contributed by atoms with Crippen LogP contribution < -0.4 is 10.5 Å². The van der Waals surface area contributed by atoms with Gasteiger partial charge in [-0.25, -0.2) is 0 Å². The average Bonchev–Trinajstić information content (AvgIpc) is 2.27. The molecule has 0 amide bonds. The molecule has 2 N–H and O–H groups in total. The summed E-state index contributed by atoms with van der Waals surface area (Å²) in [5.74, 6) is 2.05. The van der Waals surface area contributed by atoms with Crippen LogP contribution in [0, 0.1) is 11.8 Å². The number of benzene rings is 1. The van der Waals surface area contributed by atoms with E-state index in [0.29, 0.717) is 22.6 Å². The molecule has 3 heteroatoms. The molecule has 0 aromatic heterocycles. The van der Waals surface area contributed by atoms with Crippen molar-refractivity contribution >= 4 is 11.6 Å². The molecule has 0 aliphatic heterocycles. The van der Waals surface area contributed by atoms with Crippen LogP contribution in [0.3, 0.4) is 0 Å². The summed E-state index contributed by atoms with van der Waals surface area (Å²) < 4.78 is 5.29. The van der Waals surface area contributed by atoms with Crippen LogP contribution in [0.25, 0.3) is 0 Å². The third-order valence-corrected chi connectivity index (χ3v) is 4.27. The highest BCUT2D eigenvalue weighted by Gasteiger charge is 2.36. The fourth-order valence-electron chi connectivity index (χ4n) is 3.39. The molecular formula is C15H22ClNO. The predicted molar refractivity (Wildman–Crippen MR) is 76.0 cm³/mol. The summed E-state index contributed by atoms with van der Waals surface area (Å²) in [6, 6.07) is 5.91. The summed E-state index contributed by atoms with van der Waals surface area (Å²) in [7, 11) is 1.64. The lowest BCUT2D eigenvalue weighted by molar-refractivity contribution is 0.183. The van der Waals surface area contributed by atoms with Crippen LogP contribution in [-0.2, 0) is 5.54 Å². The Morgan fingerprint density at radius 2 is 1.89 bits per heavy atom. The smallest absolute Gasteiger partial charge is 0.137 e. The Morgan fingerprint density at radius 1 is 1.28 bits per heavy atom. The first-order valence-corrected chi connectivity index (χ1v) is 6.95. The van der Waals surface area contributed by atoms with E-state index in [2.05, 4.69) is 13.8 Å². The zero-order valence-electron chi connectivity index (χ0n) is 11.4. The largest absolute Gasteiger partial charge is 0.495 e. The van der Waals surface area contributed by atoms with Gasteiger partial charge >= 0.3 is 0 Å². The number of hydrogen-bond acceptors (Lipinski definition) is 2. The Balaban J connectivity index is 2.34. The van der Waals surface area contributed by atoms with Gasteiger partial charge in [0.15, 0.2) is 0 Å². The molecule has 1 saturated carbocycles. The molecule has 1 aliphatic rings. The number of methoxy groups -OCH3 is 1. The third-order valence-electron chi connectivity index (χ3n) is 3.96. The monoisotopic (exact) mass is 267 g/mol. The summed E-state index contributed by atoms with van der Waals surface area (Å²) in [4.78, 5) is 0. The van der Waals surface area contributed by atoms with Gasteiger partial charge in [-0.15, -0.1) is 0 Å². The molecule has 1 aromatic rings. The van der Waals surface area contributed by atoms with Crippen LogP contribution in [-0.4, -0.2) is 7.11 Å². The van der Waals surface area contributed by atoms with Gasteiger partial charge < -0.3 is 10.5 Å². The SMILES string of the molecule is COc1cc(C2(N)CC(C)CC(C)C2)ccc1Cl.